The van der Waals surface area contributed by atoms with E-state index in [1.165, 1.54) is 11.1 Å². The molecule has 4 rings (SSSR count). The quantitative estimate of drug-likeness (QED) is 0.712. The molecule has 1 amide bonds. The van der Waals surface area contributed by atoms with E-state index in [4.69, 9.17) is 21.4 Å². The van der Waals surface area contributed by atoms with Gasteiger partial charge >= 0.3 is 0 Å². The monoisotopic (exact) mass is 443 g/mol. The van der Waals surface area contributed by atoms with Crippen molar-refractivity contribution in [1.29, 1.82) is 0 Å². The molecule has 0 radical (unpaired) electrons. The van der Waals surface area contributed by atoms with Gasteiger partial charge in [0.1, 0.15) is 17.5 Å². The van der Waals surface area contributed by atoms with E-state index >= 15 is 0 Å². The van der Waals surface area contributed by atoms with Crippen molar-refractivity contribution in [2.45, 2.75) is 45.2 Å². The molecule has 1 N–H and O–H groups in total. The number of carbonyl (C=O) groups is 1. The Bertz CT molecular complexity index is 934. The Kier molecular flexibility index (Phi) is 6.80. The van der Waals surface area contributed by atoms with Crippen LogP contribution in [0, 0.1) is 13.8 Å². The van der Waals surface area contributed by atoms with Crippen LogP contribution >= 0.6 is 11.6 Å². The molecule has 166 valence electrons. The number of hydrogen-bond donors (Lipinski definition) is 1. The fourth-order valence-corrected chi connectivity index (χ4v) is 5.05. The fraction of sp³-hybridized carbons (Fsp3) is 0.500. The third-order valence-corrected chi connectivity index (χ3v) is 6.92. The number of nitrogens with zero attached hydrogens (tertiary/aromatic N) is 3. The SMILES string of the molecule is Cc1c(OCCO)ccc(C2CCCC3CN(C(=O)c4ccc(Cl)nc4)CCN32)c1C. The second kappa shape index (κ2) is 9.55. The molecule has 7 heteroatoms. The van der Waals surface area contributed by atoms with Crippen LogP contribution < -0.4 is 4.74 Å². The number of pyridine rings is 1. The Balaban J connectivity index is 1.49. The number of carbonyl (C=O) groups excluding carboxylic acids is 1. The Morgan fingerprint density at radius 2 is 2.03 bits per heavy atom. The van der Waals surface area contributed by atoms with Crippen molar-refractivity contribution in [3.63, 3.8) is 0 Å². The number of aliphatic hydroxyl groups is 1. The number of amides is 1. The van der Waals surface area contributed by atoms with Crippen molar-refractivity contribution in [3.8, 4) is 5.75 Å². The van der Waals surface area contributed by atoms with Gasteiger partial charge in [0.25, 0.3) is 5.91 Å². The van der Waals surface area contributed by atoms with Gasteiger partial charge in [-0.1, -0.05) is 17.7 Å². The highest BCUT2D eigenvalue weighted by Gasteiger charge is 2.37. The molecule has 3 heterocycles. The Labute approximate surface area is 188 Å². The van der Waals surface area contributed by atoms with Gasteiger partial charge in [0.2, 0.25) is 0 Å². The standard InChI is InChI=1S/C24H30ClN3O3/c1-16-17(2)22(31-13-12-29)8-7-20(16)21-5-3-4-19-15-27(10-11-28(19)21)24(30)18-6-9-23(25)26-14-18/h6-9,14,19,21,29H,3-5,10-13,15H2,1-2H3. The summed E-state index contributed by atoms with van der Waals surface area (Å²) in [6.45, 7) is 6.89. The topological polar surface area (TPSA) is 65.9 Å². The van der Waals surface area contributed by atoms with Crippen LogP contribution in [-0.2, 0) is 0 Å². The number of hydrogen-bond acceptors (Lipinski definition) is 5. The number of piperidine rings is 1. The summed E-state index contributed by atoms with van der Waals surface area (Å²) in [6, 6.07) is 8.35. The first kappa shape index (κ1) is 22.1. The largest absolute Gasteiger partial charge is 0.491 e. The highest BCUT2D eigenvalue weighted by atomic mass is 35.5. The first-order valence-electron chi connectivity index (χ1n) is 11.0. The average Bonchev–Trinajstić information content (AvgIpc) is 2.79. The van der Waals surface area contributed by atoms with Gasteiger partial charge in [0, 0.05) is 37.9 Å². The maximum Gasteiger partial charge on any atom is 0.255 e. The summed E-state index contributed by atoms with van der Waals surface area (Å²) in [5, 5.41) is 9.45. The Morgan fingerprint density at radius 1 is 1.19 bits per heavy atom. The predicted octanol–water partition coefficient (Wildman–Crippen LogP) is 3.77. The van der Waals surface area contributed by atoms with Crippen molar-refractivity contribution in [2.75, 3.05) is 32.8 Å². The maximum atomic E-state index is 13.0. The van der Waals surface area contributed by atoms with E-state index in [1.807, 2.05) is 11.0 Å². The van der Waals surface area contributed by atoms with Crippen LogP contribution in [-0.4, -0.2) is 64.7 Å². The number of halogens is 1. The van der Waals surface area contributed by atoms with E-state index in [-0.39, 0.29) is 12.5 Å². The van der Waals surface area contributed by atoms with E-state index in [2.05, 4.69) is 29.8 Å². The summed E-state index contributed by atoms with van der Waals surface area (Å²) < 4.78 is 5.68. The summed E-state index contributed by atoms with van der Waals surface area (Å²) in [4.78, 5) is 21.6. The minimum absolute atomic E-state index is 0.0135. The number of fused-ring (bicyclic) bond motifs is 1. The summed E-state index contributed by atoms with van der Waals surface area (Å²) in [5.41, 5.74) is 4.33. The smallest absolute Gasteiger partial charge is 0.255 e. The fourth-order valence-electron chi connectivity index (χ4n) is 4.94. The molecule has 0 saturated carbocycles. The van der Waals surface area contributed by atoms with Crippen molar-refractivity contribution in [3.05, 3.63) is 57.9 Å². The van der Waals surface area contributed by atoms with Gasteiger partial charge in [-0.05, 0) is 68.0 Å². The molecule has 0 aliphatic carbocycles. The minimum Gasteiger partial charge on any atom is -0.491 e. The van der Waals surface area contributed by atoms with E-state index in [0.29, 0.717) is 36.0 Å². The summed E-state index contributed by atoms with van der Waals surface area (Å²) >= 11 is 5.86. The molecule has 1 aromatic heterocycles. The van der Waals surface area contributed by atoms with Crippen LogP contribution in [0.15, 0.2) is 30.5 Å². The zero-order valence-corrected chi connectivity index (χ0v) is 18.9. The Hall–Kier alpha value is -2.15. The van der Waals surface area contributed by atoms with Gasteiger partial charge in [-0.3, -0.25) is 9.69 Å². The van der Waals surface area contributed by atoms with Crippen LogP contribution in [0.2, 0.25) is 5.15 Å². The molecule has 2 aromatic rings. The Morgan fingerprint density at radius 3 is 2.77 bits per heavy atom. The average molecular weight is 444 g/mol. The molecule has 2 atom stereocenters. The third-order valence-electron chi connectivity index (χ3n) is 6.69. The van der Waals surface area contributed by atoms with Crippen molar-refractivity contribution in [2.24, 2.45) is 0 Å². The molecule has 6 nitrogen and oxygen atoms in total. The number of aliphatic hydroxyl groups excluding tert-OH is 1. The van der Waals surface area contributed by atoms with Crippen LogP contribution in [0.1, 0.15) is 52.4 Å². The molecule has 2 unspecified atom stereocenters. The van der Waals surface area contributed by atoms with Crippen LogP contribution in [0.5, 0.6) is 5.75 Å². The first-order valence-corrected chi connectivity index (χ1v) is 11.4. The summed E-state index contributed by atoms with van der Waals surface area (Å²) in [5.74, 6) is 0.873. The van der Waals surface area contributed by atoms with E-state index in [1.54, 1.807) is 18.3 Å². The first-order chi connectivity index (χ1) is 15.0. The third kappa shape index (κ3) is 4.56. The van der Waals surface area contributed by atoms with E-state index < -0.39 is 0 Å². The molecule has 2 saturated heterocycles. The highest BCUT2D eigenvalue weighted by Crippen LogP contribution is 2.39. The van der Waals surface area contributed by atoms with Gasteiger partial charge in [0.15, 0.2) is 0 Å². The van der Waals surface area contributed by atoms with E-state index in [0.717, 1.165) is 43.7 Å². The molecule has 2 fully saturated rings. The zero-order valence-electron chi connectivity index (χ0n) is 18.2. The van der Waals surface area contributed by atoms with Gasteiger partial charge in [-0.25, -0.2) is 4.98 Å². The molecule has 0 bridgehead atoms. The van der Waals surface area contributed by atoms with Crippen molar-refractivity contribution in [1.82, 2.24) is 14.8 Å². The number of benzene rings is 1. The lowest BCUT2D eigenvalue weighted by Crippen LogP contribution is -2.57. The van der Waals surface area contributed by atoms with Crippen LogP contribution in [0.25, 0.3) is 0 Å². The van der Waals surface area contributed by atoms with Crippen LogP contribution in [0.3, 0.4) is 0 Å². The molecule has 0 spiro atoms. The number of rotatable bonds is 5. The lowest BCUT2D eigenvalue weighted by atomic mass is 9.86. The lowest BCUT2D eigenvalue weighted by Gasteiger charge is -2.48. The molecular formula is C24H30ClN3O3. The molecule has 2 aliphatic heterocycles. The number of aromatic nitrogens is 1. The van der Waals surface area contributed by atoms with Gasteiger partial charge in [-0.2, -0.15) is 0 Å². The molecular weight excluding hydrogens is 414 g/mol. The van der Waals surface area contributed by atoms with Crippen molar-refractivity contribution < 1.29 is 14.6 Å². The highest BCUT2D eigenvalue weighted by molar-refractivity contribution is 6.29. The lowest BCUT2D eigenvalue weighted by molar-refractivity contribution is 0.0101. The maximum absolute atomic E-state index is 13.0. The second-order valence-corrected chi connectivity index (χ2v) is 8.82. The zero-order chi connectivity index (χ0) is 22.0. The number of ether oxygens (including phenoxy) is 1. The molecule has 1 aromatic carbocycles. The van der Waals surface area contributed by atoms with Gasteiger partial charge in [0.05, 0.1) is 12.2 Å². The van der Waals surface area contributed by atoms with Crippen LogP contribution in [0.4, 0.5) is 0 Å². The summed E-state index contributed by atoms with van der Waals surface area (Å²) in [7, 11) is 0. The summed E-state index contributed by atoms with van der Waals surface area (Å²) in [6.07, 6.45) is 4.95. The van der Waals surface area contributed by atoms with E-state index in [9.17, 15) is 4.79 Å². The second-order valence-electron chi connectivity index (χ2n) is 8.43. The van der Waals surface area contributed by atoms with Crippen molar-refractivity contribution >= 4 is 17.5 Å². The normalized spacial score (nSPS) is 21.6. The minimum atomic E-state index is 0.0135. The number of piperazine rings is 1. The van der Waals surface area contributed by atoms with Gasteiger partial charge in [-0.15, -0.1) is 0 Å². The molecule has 2 aliphatic rings. The molecule has 31 heavy (non-hydrogen) atoms. The van der Waals surface area contributed by atoms with Gasteiger partial charge < -0.3 is 14.7 Å². The predicted molar refractivity (Wildman–Crippen MR) is 121 cm³/mol.